The molecule has 0 unspecified atom stereocenters. The van der Waals surface area contributed by atoms with Gasteiger partial charge in [-0.1, -0.05) is 6.92 Å². The van der Waals surface area contributed by atoms with Gasteiger partial charge in [0.05, 0.1) is 18.9 Å². The lowest BCUT2D eigenvalue weighted by molar-refractivity contribution is 0.0485. The predicted octanol–water partition coefficient (Wildman–Crippen LogP) is 2.13. The summed E-state index contributed by atoms with van der Waals surface area (Å²) in [6, 6.07) is 0. The van der Waals surface area contributed by atoms with Crippen molar-refractivity contribution in [2.75, 3.05) is 19.8 Å². The zero-order valence-electron chi connectivity index (χ0n) is 10.6. The van der Waals surface area contributed by atoms with Crippen molar-refractivity contribution in [3.05, 3.63) is 17.3 Å². The average Bonchev–Trinajstić information content (AvgIpc) is 2.66. The van der Waals surface area contributed by atoms with Crippen LogP contribution in [0.5, 0.6) is 0 Å². The van der Waals surface area contributed by atoms with Crippen LogP contribution in [0.1, 0.15) is 42.4 Å². The molecule has 1 aromatic rings. The fourth-order valence-corrected chi connectivity index (χ4v) is 1.35. The summed E-state index contributed by atoms with van der Waals surface area (Å²) in [5.74, 6) is 0.247. The molecular weight excluding hydrogens is 222 g/mol. The molecular formula is C12H19NO4. The molecule has 5 nitrogen and oxygen atoms in total. The maximum atomic E-state index is 11.5. The highest BCUT2D eigenvalue weighted by Gasteiger charge is 2.18. The third kappa shape index (κ3) is 4.19. The average molecular weight is 241 g/mol. The zero-order chi connectivity index (χ0) is 12.7. The molecule has 0 fully saturated rings. The van der Waals surface area contributed by atoms with Crippen molar-refractivity contribution in [2.24, 2.45) is 0 Å². The van der Waals surface area contributed by atoms with Crippen LogP contribution in [-0.4, -0.2) is 30.8 Å². The lowest BCUT2D eigenvalue weighted by Gasteiger charge is -1.99. The molecule has 0 saturated heterocycles. The SMILES string of the molecule is CCCOCCc1nc(C)c(C(=O)OCC)o1. The fourth-order valence-electron chi connectivity index (χ4n) is 1.35. The van der Waals surface area contributed by atoms with Crippen molar-refractivity contribution in [2.45, 2.75) is 33.6 Å². The molecule has 0 radical (unpaired) electrons. The summed E-state index contributed by atoms with van der Waals surface area (Å²) >= 11 is 0. The van der Waals surface area contributed by atoms with E-state index in [9.17, 15) is 4.79 Å². The second kappa shape index (κ2) is 7.06. The number of hydrogen-bond acceptors (Lipinski definition) is 5. The molecule has 0 atom stereocenters. The number of esters is 1. The first kappa shape index (κ1) is 13.7. The third-order valence-corrected chi connectivity index (χ3v) is 2.11. The Labute approximate surface area is 101 Å². The molecule has 5 heteroatoms. The number of carbonyl (C=O) groups is 1. The Balaban J connectivity index is 2.52. The first-order chi connectivity index (χ1) is 8.19. The highest BCUT2D eigenvalue weighted by atomic mass is 16.5. The molecule has 0 N–H and O–H groups in total. The Kier molecular flexibility index (Phi) is 5.69. The van der Waals surface area contributed by atoms with Gasteiger partial charge in [-0.3, -0.25) is 0 Å². The predicted molar refractivity (Wildman–Crippen MR) is 62.0 cm³/mol. The minimum absolute atomic E-state index is 0.192. The molecule has 0 aliphatic carbocycles. The van der Waals surface area contributed by atoms with Gasteiger partial charge in [-0.25, -0.2) is 9.78 Å². The van der Waals surface area contributed by atoms with Gasteiger partial charge in [-0.15, -0.1) is 0 Å². The normalized spacial score (nSPS) is 10.5. The molecule has 1 rings (SSSR count). The minimum Gasteiger partial charge on any atom is -0.460 e. The van der Waals surface area contributed by atoms with Crippen LogP contribution in [0.3, 0.4) is 0 Å². The van der Waals surface area contributed by atoms with Gasteiger partial charge in [0.15, 0.2) is 5.89 Å². The van der Waals surface area contributed by atoms with E-state index in [2.05, 4.69) is 4.98 Å². The standard InChI is InChI=1S/C12H19NO4/c1-4-7-15-8-6-10-13-9(3)11(17-10)12(14)16-5-2/h4-8H2,1-3H3. The van der Waals surface area contributed by atoms with Gasteiger partial charge in [0, 0.05) is 13.0 Å². The number of aromatic nitrogens is 1. The maximum Gasteiger partial charge on any atom is 0.376 e. The second-order valence-electron chi connectivity index (χ2n) is 3.60. The Bertz CT molecular complexity index is 359. The maximum absolute atomic E-state index is 11.5. The molecule has 0 spiro atoms. The van der Waals surface area contributed by atoms with E-state index >= 15 is 0 Å². The number of rotatable bonds is 7. The van der Waals surface area contributed by atoms with E-state index in [0.717, 1.165) is 13.0 Å². The first-order valence-electron chi connectivity index (χ1n) is 5.90. The van der Waals surface area contributed by atoms with E-state index in [0.29, 0.717) is 31.2 Å². The van der Waals surface area contributed by atoms with Crippen LogP contribution < -0.4 is 0 Å². The number of nitrogens with zero attached hydrogens (tertiary/aromatic N) is 1. The van der Waals surface area contributed by atoms with Gasteiger partial charge in [0.2, 0.25) is 5.76 Å². The third-order valence-electron chi connectivity index (χ3n) is 2.11. The molecule has 96 valence electrons. The van der Waals surface area contributed by atoms with Crippen molar-refractivity contribution in [3.63, 3.8) is 0 Å². The fraction of sp³-hybridized carbons (Fsp3) is 0.667. The van der Waals surface area contributed by atoms with Crippen LogP contribution in [0, 0.1) is 6.92 Å². The molecule has 1 heterocycles. The van der Waals surface area contributed by atoms with Crippen molar-refractivity contribution in [1.29, 1.82) is 0 Å². The number of aryl methyl sites for hydroxylation is 1. The molecule has 0 aliphatic rings. The van der Waals surface area contributed by atoms with Crippen molar-refractivity contribution < 1.29 is 18.7 Å². The van der Waals surface area contributed by atoms with Crippen LogP contribution in [0.4, 0.5) is 0 Å². The quantitative estimate of drug-likeness (QED) is 0.540. The largest absolute Gasteiger partial charge is 0.460 e. The topological polar surface area (TPSA) is 61.6 Å². The van der Waals surface area contributed by atoms with Crippen molar-refractivity contribution in [3.8, 4) is 0 Å². The monoisotopic (exact) mass is 241 g/mol. The van der Waals surface area contributed by atoms with Crippen LogP contribution in [0.2, 0.25) is 0 Å². The summed E-state index contributed by atoms with van der Waals surface area (Å²) in [6.45, 7) is 7.14. The van der Waals surface area contributed by atoms with Crippen LogP contribution in [0.15, 0.2) is 4.42 Å². The lowest BCUT2D eigenvalue weighted by atomic mass is 10.4. The number of ether oxygens (including phenoxy) is 2. The molecule has 0 aromatic carbocycles. The van der Waals surface area contributed by atoms with E-state index in [1.165, 1.54) is 0 Å². The summed E-state index contributed by atoms with van der Waals surface area (Å²) in [4.78, 5) is 15.6. The Morgan fingerprint density at radius 1 is 1.35 bits per heavy atom. The van der Waals surface area contributed by atoms with E-state index < -0.39 is 5.97 Å². The van der Waals surface area contributed by atoms with Gasteiger partial charge >= 0.3 is 5.97 Å². The first-order valence-corrected chi connectivity index (χ1v) is 5.90. The van der Waals surface area contributed by atoms with Gasteiger partial charge in [0.25, 0.3) is 0 Å². The highest BCUT2D eigenvalue weighted by Crippen LogP contribution is 2.12. The van der Waals surface area contributed by atoms with E-state index in [-0.39, 0.29) is 5.76 Å². The van der Waals surface area contributed by atoms with E-state index in [1.54, 1.807) is 13.8 Å². The summed E-state index contributed by atoms with van der Waals surface area (Å²) in [7, 11) is 0. The second-order valence-corrected chi connectivity index (χ2v) is 3.60. The summed E-state index contributed by atoms with van der Waals surface area (Å²) in [5, 5.41) is 0. The minimum atomic E-state index is -0.460. The molecule has 0 bridgehead atoms. The molecule has 17 heavy (non-hydrogen) atoms. The van der Waals surface area contributed by atoms with Gasteiger partial charge in [0.1, 0.15) is 0 Å². The molecule has 1 aromatic heterocycles. The van der Waals surface area contributed by atoms with Crippen molar-refractivity contribution in [1.82, 2.24) is 4.98 Å². The lowest BCUT2D eigenvalue weighted by Crippen LogP contribution is -2.04. The summed E-state index contributed by atoms with van der Waals surface area (Å²) in [5.41, 5.74) is 0.564. The van der Waals surface area contributed by atoms with Crippen LogP contribution in [-0.2, 0) is 15.9 Å². The Morgan fingerprint density at radius 2 is 2.12 bits per heavy atom. The van der Waals surface area contributed by atoms with Crippen molar-refractivity contribution >= 4 is 5.97 Å². The van der Waals surface area contributed by atoms with E-state index in [4.69, 9.17) is 13.9 Å². The number of carbonyl (C=O) groups excluding carboxylic acids is 1. The number of oxazole rings is 1. The Hall–Kier alpha value is -1.36. The highest BCUT2D eigenvalue weighted by molar-refractivity contribution is 5.87. The van der Waals surface area contributed by atoms with E-state index in [1.807, 2.05) is 6.92 Å². The zero-order valence-corrected chi connectivity index (χ0v) is 10.6. The van der Waals surface area contributed by atoms with Crippen LogP contribution in [0.25, 0.3) is 0 Å². The molecule has 0 amide bonds. The summed E-state index contributed by atoms with van der Waals surface area (Å²) < 4.78 is 15.5. The van der Waals surface area contributed by atoms with Gasteiger partial charge in [-0.2, -0.15) is 0 Å². The smallest absolute Gasteiger partial charge is 0.376 e. The molecule has 0 aliphatic heterocycles. The number of hydrogen-bond donors (Lipinski definition) is 0. The Morgan fingerprint density at radius 3 is 2.76 bits per heavy atom. The van der Waals surface area contributed by atoms with Gasteiger partial charge < -0.3 is 13.9 Å². The summed E-state index contributed by atoms with van der Waals surface area (Å²) in [6.07, 6.45) is 1.55. The van der Waals surface area contributed by atoms with Crippen LogP contribution >= 0.6 is 0 Å². The van der Waals surface area contributed by atoms with Gasteiger partial charge in [-0.05, 0) is 20.3 Å². The molecule has 0 saturated carbocycles.